The average Bonchev–Trinajstić information content (AvgIpc) is 1.50. The van der Waals surface area contributed by atoms with Crippen LogP contribution in [0.1, 0.15) is 0 Å². The summed E-state index contributed by atoms with van der Waals surface area (Å²) in [5.41, 5.74) is 0. The minimum atomic E-state index is 0. The summed E-state index contributed by atoms with van der Waals surface area (Å²) in [7, 11) is 0. The van der Waals surface area contributed by atoms with Crippen LogP contribution < -0.4 is 0 Å². The summed E-state index contributed by atoms with van der Waals surface area (Å²) in [6.45, 7) is 9.00. The van der Waals surface area contributed by atoms with E-state index in [1.165, 1.54) is 0 Å². The Hall–Kier alpha value is 0.479. The quantitative estimate of drug-likeness (QED) is 0.245. The third kappa shape index (κ3) is 1550. The molecule has 0 spiro atoms. The Labute approximate surface area is 79.7 Å². The second kappa shape index (κ2) is 2060. The minimum absolute atomic E-state index is 0. The van der Waals surface area contributed by atoms with Gasteiger partial charge in [-0.3, -0.25) is 0 Å². The molecule has 9 heavy (non-hydrogen) atoms. The predicted octanol–water partition coefficient (Wildman–Crippen LogP) is 0.0973. The van der Waals surface area contributed by atoms with Crippen molar-refractivity contribution >= 4 is 40.6 Å². The average molecular weight is 210 g/mol. The third-order valence-electron chi connectivity index (χ3n) is 0. The van der Waals surface area contributed by atoms with Gasteiger partial charge >= 0.3 is 17.1 Å². The first kappa shape index (κ1) is 111. The molecule has 7 heteroatoms. The van der Waals surface area contributed by atoms with Crippen LogP contribution in [0.2, 0.25) is 0 Å². The zero-order valence-electron chi connectivity index (χ0n) is 4.22. The molecule has 4 nitrogen and oxygen atoms in total. The smallest absolute Gasteiger partial charge is 0.813 e. The molecule has 4 N–H and O–H groups in total. The van der Waals surface area contributed by atoms with Gasteiger partial charge in [-0.1, -0.05) is 0 Å². The summed E-state index contributed by atoms with van der Waals surface area (Å²) >= 11 is 0. The number of thiol groups is 2. The zero-order chi connectivity index (χ0) is 4.00. The molecule has 0 atom stereocenters. The molecule has 0 bridgehead atoms. The van der Waals surface area contributed by atoms with Gasteiger partial charge in [-0.15, -0.1) is 0 Å². The Morgan fingerprint density at radius 1 is 0.667 bits per heavy atom. The molecule has 0 unspecified atom stereocenters. The summed E-state index contributed by atoms with van der Waals surface area (Å²) in [6, 6.07) is 0. The van der Waals surface area contributed by atoms with Crippen LogP contribution in [0.4, 0.5) is 0 Å². The fourth-order valence-corrected chi connectivity index (χ4v) is 0. The van der Waals surface area contributed by atoms with E-state index in [0.29, 0.717) is 0 Å². The molecule has 0 aromatic heterocycles. The van der Waals surface area contributed by atoms with E-state index in [2.05, 4.69) is 13.6 Å². The van der Waals surface area contributed by atoms with E-state index in [1.807, 2.05) is 0 Å². The Morgan fingerprint density at radius 2 is 0.667 bits per heavy atom. The molecule has 0 heterocycles. The topological polar surface area (TPSA) is 101 Å². The van der Waals surface area contributed by atoms with Crippen LogP contribution in [0.15, 0.2) is 0 Å². The molecule has 0 aromatic carbocycles. The fourth-order valence-electron chi connectivity index (χ4n) is 0. The van der Waals surface area contributed by atoms with Crippen LogP contribution in [0.5, 0.6) is 0 Å². The molecule has 0 aromatic rings. The van der Waals surface area contributed by atoms with Gasteiger partial charge in [-0.2, -0.15) is 0 Å². The molecule has 0 aliphatic carbocycles. The molecule has 56 valence electrons. The van der Waals surface area contributed by atoms with Crippen LogP contribution in [-0.4, -0.2) is 13.6 Å². The van der Waals surface area contributed by atoms with E-state index in [0.717, 1.165) is 0 Å². The van der Waals surface area contributed by atoms with Crippen molar-refractivity contribution in [2.75, 3.05) is 0 Å². The summed E-state index contributed by atoms with van der Waals surface area (Å²) in [4.78, 5) is 15.0. The largest absolute Gasteiger partial charge is 6.00 e. The molecular weight excluding hydrogens is 204 g/mol. The summed E-state index contributed by atoms with van der Waals surface area (Å²) in [5, 5.41) is 0. The van der Waals surface area contributed by atoms with E-state index in [9.17, 15) is 0 Å². The first-order chi connectivity index (χ1) is 2.00. The molecule has 0 saturated heterocycles. The normalized spacial score (nSPS) is 0.889. The number of hydrogen-bond donors (Lipinski definition) is 0. The summed E-state index contributed by atoms with van der Waals surface area (Å²) in [6.07, 6.45) is 0. The standard InChI is InChI=1S/2CO.Fe.2H2N.2H2S/c2*1-2;;;;;/h;;;4*1H2/q2*-1;+6;2*-1;;/p-2. The number of hydrogen-bond acceptors (Lipinski definition) is 4. The van der Waals surface area contributed by atoms with Crippen molar-refractivity contribution in [1.29, 1.82) is 0 Å². The van der Waals surface area contributed by atoms with Crippen LogP contribution in [0, 0.1) is 0 Å². The van der Waals surface area contributed by atoms with E-state index in [4.69, 9.17) is 9.59 Å². The van der Waals surface area contributed by atoms with Gasteiger partial charge in [-0.25, -0.2) is 0 Å². The maximum absolute atomic E-state index is 7.50. The Balaban J connectivity index is -0.00000000114. The van der Waals surface area contributed by atoms with Gasteiger partial charge < -0.3 is 62.5 Å². The molecular formula is C2H6FeN2O2S2. The van der Waals surface area contributed by atoms with Crippen LogP contribution in [0.3, 0.4) is 0 Å². The summed E-state index contributed by atoms with van der Waals surface area (Å²) < 4.78 is 0. The Bertz CT molecular complexity index is 22.5. The van der Waals surface area contributed by atoms with Crippen molar-refractivity contribution in [1.82, 2.24) is 0 Å². The van der Waals surface area contributed by atoms with Crippen LogP contribution in [0.25, 0.3) is 12.3 Å². The van der Waals surface area contributed by atoms with Gasteiger partial charge in [0, 0.05) is 0 Å². The Morgan fingerprint density at radius 3 is 0.667 bits per heavy atom. The molecule has 0 aliphatic rings. The van der Waals surface area contributed by atoms with Crippen molar-refractivity contribution in [2.45, 2.75) is 0 Å². The number of carbonyl (C=O) groups excluding carboxylic acids is 2. The first-order valence-electron chi connectivity index (χ1n) is 0.408. The predicted molar refractivity (Wildman–Crippen MR) is 39.5 cm³/mol. The van der Waals surface area contributed by atoms with Crippen molar-refractivity contribution in [3.8, 4) is 0 Å². The SMILES string of the molecule is [C-]=O.[C-]=O.[Fe+6].[NH2-].[NH2-].[SH-].[SH-]. The van der Waals surface area contributed by atoms with Crippen LogP contribution >= 0.6 is 0 Å². The summed E-state index contributed by atoms with van der Waals surface area (Å²) in [5.74, 6) is 0. The van der Waals surface area contributed by atoms with Gasteiger partial charge in [0.05, 0.1) is 0 Å². The fraction of sp³-hybridized carbons (Fsp3) is 0. The Kier molecular flexibility index (Phi) is 25400. The maximum Gasteiger partial charge on any atom is 6.00 e. The van der Waals surface area contributed by atoms with E-state index in [1.54, 1.807) is 0 Å². The second-order valence-corrected chi connectivity index (χ2v) is 0. The molecule has 2 radical (unpaired) electrons. The molecule has 0 aliphatic heterocycles. The number of nitrogens with two attached hydrogens (primary N) is 2. The maximum atomic E-state index is 7.50. The molecule has 0 saturated carbocycles. The molecule has 0 amide bonds. The van der Waals surface area contributed by atoms with Gasteiger partial charge in [0.1, 0.15) is 0 Å². The third-order valence-corrected chi connectivity index (χ3v) is 0. The minimum Gasteiger partial charge on any atom is -0.813 e. The van der Waals surface area contributed by atoms with Crippen LogP contribution in [-0.2, 0) is 53.6 Å². The second-order valence-electron chi connectivity index (χ2n) is 0. The van der Waals surface area contributed by atoms with Gasteiger partial charge in [-0.05, 0) is 0 Å². The zero-order valence-corrected chi connectivity index (χ0v) is 7.11. The van der Waals surface area contributed by atoms with E-state index >= 15 is 0 Å². The van der Waals surface area contributed by atoms with E-state index in [-0.39, 0.29) is 56.4 Å². The van der Waals surface area contributed by atoms with Crippen molar-refractivity contribution in [2.24, 2.45) is 0 Å². The van der Waals surface area contributed by atoms with E-state index < -0.39 is 0 Å². The van der Waals surface area contributed by atoms with Gasteiger partial charge in [0.15, 0.2) is 0 Å². The molecule has 0 rings (SSSR count). The van der Waals surface area contributed by atoms with Gasteiger partial charge in [0.2, 0.25) is 0 Å². The van der Waals surface area contributed by atoms with Crippen molar-refractivity contribution in [3.63, 3.8) is 0 Å². The molecule has 0 fully saturated rings. The van der Waals surface area contributed by atoms with Gasteiger partial charge in [0.25, 0.3) is 0 Å². The first-order valence-corrected chi connectivity index (χ1v) is 0.408. The number of rotatable bonds is 0. The van der Waals surface area contributed by atoms with Crippen molar-refractivity contribution in [3.05, 3.63) is 12.3 Å². The van der Waals surface area contributed by atoms with Crippen molar-refractivity contribution < 1.29 is 26.7 Å². The monoisotopic (exact) mass is 210 g/mol.